The average molecular weight is 300 g/mol. The van der Waals surface area contributed by atoms with Crippen LogP contribution < -0.4 is 0 Å². The summed E-state index contributed by atoms with van der Waals surface area (Å²) in [5.41, 5.74) is 0.408. The zero-order valence-corrected chi connectivity index (χ0v) is 12.0. The normalized spacial score (nSPS) is 19.7. The first kappa shape index (κ1) is 16.5. The van der Waals surface area contributed by atoms with Gasteiger partial charge in [-0.25, -0.2) is 0 Å². The highest BCUT2D eigenvalue weighted by molar-refractivity contribution is 6.40. The number of rotatable bonds is 2. The molecule has 1 fully saturated rings. The Balaban J connectivity index is 2.83. The Morgan fingerprint density at radius 1 is 0.667 bits per heavy atom. The summed E-state index contributed by atoms with van der Waals surface area (Å²) in [4.78, 5) is 3.52. The van der Waals surface area contributed by atoms with Crippen molar-refractivity contribution in [2.45, 2.75) is 20.3 Å². The van der Waals surface area contributed by atoms with E-state index in [-0.39, 0.29) is 23.1 Å². The molecule has 21 heavy (non-hydrogen) atoms. The van der Waals surface area contributed by atoms with Crippen LogP contribution in [0.4, 0.5) is 0 Å². The third-order valence-electron chi connectivity index (χ3n) is 3.23. The van der Waals surface area contributed by atoms with Crippen molar-refractivity contribution < 1.29 is 20.8 Å². The van der Waals surface area contributed by atoms with Gasteiger partial charge in [0.1, 0.15) is 11.4 Å². The zero-order chi connectivity index (χ0) is 15.8. The number of hydrogen-bond acceptors (Lipinski definition) is 8. The lowest BCUT2D eigenvalue weighted by molar-refractivity contribution is 0.295. The molecule has 1 aliphatic rings. The van der Waals surface area contributed by atoms with Gasteiger partial charge in [-0.1, -0.05) is 20.6 Å². The number of oxime groups is 4. The molecule has 0 spiro atoms. The summed E-state index contributed by atoms with van der Waals surface area (Å²) < 4.78 is 0. The van der Waals surface area contributed by atoms with Crippen LogP contribution in [0.5, 0.6) is 0 Å². The molecule has 4 N–H and O–H groups in total. The first-order valence-corrected chi connectivity index (χ1v) is 6.41. The summed E-state index contributed by atoms with van der Waals surface area (Å²) in [5.74, 6) is 0.378. The number of amidine groups is 2. The summed E-state index contributed by atoms with van der Waals surface area (Å²) in [6.45, 7) is 5.14. The van der Waals surface area contributed by atoms with Crippen LogP contribution in [0.2, 0.25) is 0 Å². The summed E-state index contributed by atoms with van der Waals surface area (Å²) in [5, 5.41) is 48.0. The van der Waals surface area contributed by atoms with Crippen LogP contribution in [-0.2, 0) is 0 Å². The fraction of sp³-hybridized carbons (Fsp3) is 0.636. The molecule has 0 atom stereocenters. The molecule has 10 heteroatoms. The van der Waals surface area contributed by atoms with Crippen molar-refractivity contribution in [3.8, 4) is 0 Å². The molecule has 1 aliphatic heterocycles. The lowest BCUT2D eigenvalue weighted by Crippen LogP contribution is -2.41. The molecule has 0 saturated carbocycles. The van der Waals surface area contributed by atoms with E-state index in [2.05, 4.69) is 20.6 Å². The first-order chi connectivity index (χ1) is 10.1. The van der Waals surface area contributed by atoms with Crippen LogP contribution in [-0.4, -0.2) is 79.9 Å². The van der Waals surface area contributed by atoms with Crippen molar-refractivity contribution in [2.75, 3.05) is 26.2 Å². The van der Waals surface area contributed by atoms with Crippen LogP contribution in [0.1, 0.15) is 20.3 Å². The maximum atomic E-state index is 9.04. The van der Waals surface area contributed by atoms with E-state index in [9.17, 15) is 0 Å². The van der Waals surface area contributed by atoms with Crippen molar-refractivity contribution in [1.29, 1.82) is 0 Å². The van der Waals surface area contributed by atoms with E-state index in [1.54, 1.807) is 9.80 Å². The fourth-order valence-corrected chi connectivity index (χ4v) is 2.16. The van der Waals surface area contributed by atoms with E-state index in [4.69, 9.17) is 20.8 Å². The summed E-state index contributed by atoms with van der Waals surface area (Å²) in [7, 11) is 0. The molecule has 10 nitrogen and oxygen atoms in total. The van der Waals surface area contributed by atoms with Crippen molar-refractivity contribution in [3.63, 3.8) is 0 Å². The molecule has 1 saturated heterocycles. The summed E-state index contributed by atoms with van der Waals surface area (Å²) in [6.07, 6.45) is 0.690. The van der Waals surface area contributed by atoms with Crippen molar-refractivity contribution >= 4 is 23.1 Å². The highest BCUT2D eigenvalue weighted by atomic mass is 16.4. The molecule has 0 aromatic carbocycles. The Hall–Kier alpha value is -2.52. The standard InChI is InChI=1S/C11H20N6O4/c1-8(12-18)10(14-20)16-4-3-5-17(7-6-16)11(15-21)9(2)13-19/h18-21H,3-7H2,1-2H3/b12-8+,13-9+,14-10-,15-11+. The lowest BCUT2D eigenvalue weighted by atomic mass is 10.3. The number of nitrogens with zero attached hydrogens (tertiary/aromatic N) is 6. The minimum atomic E-state index is 0.189. The Morgan fingerprint density at radius 2 is 1.05 bits per heavy atom. The Morgan fingerprint density at radius 3 is 1.33 bits per heavy atom. The molecule has 0 bridgehead atoms. The van der Waals surface area contributed by atoms with Gasteiger partial charge in [-0.2, -0.15) is 0 Å². The SMILES string of the molecule is CC(=N\O)/C(=N/O)N1CCCN(C(=N/O)/C(C)=N/O)CC1. The smallest absolute Gasteiger partial charge is 0.192 e. The lowest BCUT2D eigenvalue weighted by Gasteiger charge is -2.24. The molecule has 1 rings (SSSR count). The van der Waals surface area contributed by atoms with Crippen molar-refractivity contribution in [3.05, 3.63) is 0 Å². The average Bonchev–Trinajstić information content (AvgIpc) is 2.74. The van der Waals surface area contributed by atoms with E-state index >= 15 is 0 Å². The van der Waals surface area contributed by atoms with Gasteiger partial charge in [0.2, 0.25) is 0 Å². The van der Waals surface area contributed by atoms with Crippen LogP contribution in [0.25, 0.3) is 0 Å². The topological polar surface area (TPSA) is 137 Å². The molecular formula is C11H20N6O4. The zero-order valence-electron chi connectivity index (χ0n) is 12.0. The van der Waals surface area contributed by atoms with Gasteiger partial charge in [0.05, 0.1) is 0 Å². The van der Waals surface area contributed by atoms with Gasteiger partial charge in [-0.15, -0.1) is 0 Å². The molecule has 0 unspecified atom stereocenters. The second-order valence-corrected chi connectivity index (χ2v) is 4.55. The van der Waals surface area contributed by atoms with Gasteiger partial charge in [0, 0.05) is 26.2 Å². The largest absolute Gasteiger partial charge is 0.411 e. The summed E-state index contributed by atoms with van der Waals surface area (Å²) in [6, 6.07) is 0. The molecule has 1 heterocycles. The molecule has 0 radical (unpaired) electrons. The van der Waals surface area contributed by atoms with Crippen LogP contribution in [0, 0.1) is 0 Å². The minimum Gasteiger partial charge on any atom is -0.411 e. The van der Waals surface area contributed by atoms with Gasteiger partial charge < -0.3 is 30.6 Å². The monoisotopic (exact) mass is 300 g/mol. The van der Waals surface area contributed by atoms with Gasteiger partial charge in [-0.05, 0) is 20.3 Å². The second-order valence-electron chi connectivity index (χ2n) is 4.55. The predicted octanol–water partition coefficient (Wildman–Crippen LogP) is 0.270. The van der Waals surface area contributed by atoms with Crippen LogP contribution >= 0.6 is 0 Å². The van der Waals surface area contributed by atoms with Crippen LogP contribution in [0.15, 0.2) is 20.6 Å². The minimum absolute atomic E-state index is 0.189. The van der Waals surface area contributed by atoms with Gasteiger partial charge in [-0.3, -0.25) is 0 Å². The second kappa shape index (κ2) is 7.92. The summed E-state index contributed by atoms with van der Waals surface area (Å²) >= 11 is 0. The Bertz CT molecular complexity index is 431. The van der Waals surface area contributed by atoms with Crippen LogP contribution in [0.3, 0.4) is 0 Å². The highest BCUT2D eigenvalue weighted by Crippen LogP contribution is 2.07. The van der Waals surface area contributed by atoms with E-state index in [1.807, 2.05) is 0 Å². The Kier molecular flexibility index (Phi) is 6.24. The van der Waals surface area contributed by atoms with E-state index < -0.39 is 0 Å². The third kappa shape index (κ3) is 3.97. The molecule has 0 amide bonds. The number of hydrogen-bond donors (Lipinski definition) is 4. The van der Waals surface area contributed by atoms with Gasteiger partial charge in [0.15, 0.2) is 11.7 Å². The molecule has 0 aliphatic carbocycles. The quantitative estimate of drug-likeness (QED) is 0.250. The Labute approximate surface area is 121 Å². The highest BCUT2D eigenvalue weighted by Gasteiger charge is 2.23. The third-order valence-corrected chi connectivity index (χ3v) is 3.23. The van der Waals surface area contributed by atoms with E-state index in [0.29, 0.717) is 32.6 Å². The maximum absolute atomic E-state index is 9.04. The van der Waals surface area contributed by atoms with Gasteiger partial charge >= 0.3 is 0 Å². The predicted molar refractivity (Wildman–Crippen MR) is 76.0 cm³/mol. The molecule has 118 valence electrons. The van der Waals surface area contributed by atoms with E-state index in [0.717, 1.165) is 0 Å². The van der Waals surface area contributed by atoms with Crippen molar-refractivity contribution in [1.82, 2.24) is 9.80 Å². The molecule has 0 aromatic rings. The first-order valence-electron chi connectivity index (χ1n) is 6.41. The molecule has 0 aromatic heterocycles. The van der Waals surface area contributed by atoms with E-state index in [1.165, 1.54) is 13.8 Å². The fourth-order valence-electron chi connectivity index (χ4n) is 2.16. The molecular weight excluding hydrogens is 280 g/mol. The van der Waals surface area contributed by atoms with Gasteiger partial charge in [0.25, 0.3) is 0 Å². The van der Waals surface area contributed by atoms with Crippen molar-refractivity contribution in [2.24, 2.45) is 20.6 Å². The maximum Gasteiger partial charge on any atom is 0.192 e.